The number of hydrogen-bond donors (Lipinski definition) is 0. The molecule has 3 heterocycles. The molecule has 0 N–H and O–H groups in total. The molecule has 27 heavy (non-hydrogen) atoms. The molecule has 1 aliphatic heterocycles. The van der Waals surface area contributed by atoms with E-state index in [0.29, 0.717) is 0 Å². The molecule has 3 aromatic rings. The van der Waals surface area contributed by atoms with Gasteiger partial charge in [-0.1, -0.05) is 30.3 Å². The van der Waals surface area contributed by atoms with Crippen LogP contribution in [0.25, 0.3) is 5.82 Å². The maximum Gasteiger partial charge on any atom is 0.156 e. The van der Waals surface area contributed by atoms with E-state index in [1.807, 2.05) is 23.1 Å². The molecule has 0 saturated carbocycles. The molecule has 1 fully saturated rings. The van der Waals surface area contributed by atoms with Crippen LogP contribution in [0.15, 0.2) is 61.1 Å². The van der Waals surface area contributed by atoms with Crippen molar-refractivity contribution in [2.24, 2.45) is 0 Å². The first-order chi connectivity index (χ1) is 13.3. The minimum atomic E-state index is 0.911. The van der Waals surface area contributed by atoms with Crippen LogP contribution < -0.4 is 0 Å². The molecular weight excluding hydrogens is 334 g/mol. The largest absolute Gasteiger partial charge is 0.298 e. The van der Waals surface area contributed by atoms with Gasteiger partial charge in [0.15, 0.2) is 5.82 Å². The van der Waals surface area contributed by atoms with E-state index < -0.39 is 0 Å². The molecule has 0 unspecified atom stereocenters. The molecule has 5 nitrogen and oxygen atoms in total. The summed E-state index contributed by atoms with van der Waals surface area (Å²) < 4.78 is 1.83. The fourth-order valence-corrected chi connectivity index (χ4v) is 3.79. The van der Waals surface area contributed by atoms with Gasteiger partial charge in [-0.3, -0.25) is 9.80 Å². The van der Waals surface area contributed by atoms with Gasteiger partial charge in [0.2, 0.25) is 0 Å². The van der Waals surface area contributed by atoms with Crippen LogP contribution in [0.2, 0.25) is 0 Å². The first-order valence-corrected chi connectivity index (χ1v) is 9.72. The fraction of sp³-hybridized carbons (Fsp3) is 0.364. The average Bonchev–Trinajstić information content (AvgIpc) is 3.12. The zero-order valence-corrected chi connectivity index (χ0v) is 16.0. The third kappa shape index (κ3) is 4.62. The zero-order chi connectivity index (χ0) is 18.5. The smallest absolute Gasteiger partial charge is 0.156 e. The van der Waals surface area contributed by atoms with Crippen molar-refractivity contribution < 1.29 is 0 Å². The molecule has 5 heteroatoms. The van der Waals surface area contributed by atoms with E-state index in [4.69, 9.17) is 0 Å². The van der Waals surface area contributed by atoms with Crippen LogP contribution in [0.4, 0.5) is 0 Å². The van der Waals surface area contributed by atoms with Gasteiger partial charge in [0.25, 0.3) is 0 Å². The number of hydrogen-bond acceptors (Lipinski definition) is 4. The quantitative estimate of drug-likeness (QED) is 0.699. The van der Waals surface area contributed by atoms with E-state index >= 15 is 0 Å². The van der Waals surface area contributed by atoms with Gasteiger partial charge in [-0.2, -0.15) is 5.10 Å². The highest BCUT2D eigenvalue weighted by molar-refractivity contribution is 5.34. The Morgan fingerprint density at radius 2 is 1.63 bits per heavy atom. The Balaban J connectivity index is 1.35. The van der Waals surface area contributed by atoms with Crippen molar-refractivity contribution in [2.45, 2.75) is 26.4 Å². The van der Waals surface area contributed by atoms with Crippen LogP contribution in [0.3, 0.4) is 0 Å². The second kappa shape index (κ2) is 8.46. The predicted octanol–water partition coefficient (Wildman–Crippen LogP) is 3.28. The van der Waals surface area contributed by atoms with Gasteiger partial charge < -0.3 is 0 Å². The minimum Gasteiger partial charge on any atom is -0.298 e. The van der Waals surface area contributed by atoms with Crippen molar-refractivity contribution in [1.82, 2.24) is 24.6 Å². The van der Waals surface area contributed by atoms with E-state index in [1.165, 1.54) is 24.1 Å². The van der Waals surface area contributed by atoms with Crippen LogP contribution in [-0.4, -0.2) is 50.7 Å². The van der Waals surface area contributed by atoms with Gasteiger partial charge in [-0.25, -0.2) is 9.67 Å². The van der Waals surface area contributed by atoms with Gasteiger partial charge in [0, 0.05) is 44.8 Å². The number of benzene rings is 1. The van der Waals surface area contributed by atoms with E-state index in [9.17, 15) is 0 Å². The first-order valence-electron chi connectivity index (χ1n) is 9.72. The molecule has 1 aliphatic rings. The van der Waals surface area contributed by atoms with E-state index in [0.717, 1.165) is 44.1 Å². The lowest BCUT2D eigenvalue weighted by Gasteiger charge is -2.22. The predicted molar refractivity (Wildman–Crippen MR) is 108 cm³/mol. The normalized spacial score (nSPS) is 16.3. The van der Waals surface area contributed by atoms with Crippen molar-refractivity contribution in [2.75, 3.05) is 26.2 Å². The molecule has 4 rings (SSSR count). The van der Waals surface area contributed by atoms with Crippen molar-refractivity contribution in [3.8, 4) is 5.82 Å². The van der Waals surface area contributed by atoms with E-state index in [2.05, 4.69) is 63.2 Å². The Morgan fingerprint density at radius 1 is 0.889 bits per heavy atom. The molecule has 0 radical (unpaired) electrons. The summed E-state index contributed by atoms with van der Waals surface area (Å²) in [6, 6.07) is 14.9. The summed E-state index contributed by atoms with van der Waals surface area (Å²) >= 11 is 0. The lowest BCUT2D eigenvalue weighted by Crippen LogP contribution is -2.30. The Hall–Kier alpha value is -2.50. The molecule has 1 saturated heterocycles. The van der Waals surface area contributed by atoms with Crippen molar-refractivity contribution >= 4 is 0 Å². The van der Waals surface area contributed by atoms with Gasteiger partial charge in [-0.05, 0) is 55.3 Å². The lowest BCUT2D eigenvalue weighted by atomic mass is 10.2. The summed E-state index contributed by atoms with van der Waals surface area (Å²) in [5.41, 5.74) is 3.84. The lowest BCUT2D eigenvalue weighted by molar-refractivity contribution is 0.247. The Bertz CT molecular complexity index is 844. The van der Waals surface area contributed by atoms with Gasteiger partial charge in [0.05, 0.1) is 0 Å². The molecule has 0 spiro atoms. The van der Waals surface area contributed by atoms with Gasteiger partial charge >= 0.3 is 0 Å². The van der Waals surface area contributed by atoms with E-state index in [1.54, 1.807) is 6.20 Å². The SMILES string of the molecule is Cc1cc(CN2CCCN(Cc3ccccc3)CC2)cnc1-n1cccn1. The maximum atomic E-state index is 4.64. The van der Waals surface area contributed by atoms with E-state index in [-0.39, 0.29) is 0 Å². The summed E-state index contributed by atoms with van der Waals surface area (Å²) in [5.74, 6) is 0.911. The zero-order valence-electron chi connectivity index (χ0n) is 16.0. The van der Waals surface area contributed by atoms with Crippen molar-refractivity contribution in [1.29, 1.82) is 0 Å². The second-order valence-electron chi connectivity index (χ2n) is 7.33. The monoisotopic (exact) mass is 361 g/mol. The third-order valence-corrected chi connectivity index (χ3v) is 5.16. The molecule has 1 aromatic carbocycles. The molecule has 0 amide bonds. The maximum absolute atomic E-state index is 4.64. The Kier molecular flexibility index (Phi) is 5.61. The molecule has 0 bridgehead atoms. The number of aryl methyl sites for hydroxylation is 1. The molecule has 0 atom stereocenters. The molecular formula is C22H27N5. The molecule has 2 aromatic heterocycles. The van der Waals surface area contributed by atoms with Gasteiger partial charge in [-0.15, -0.1) is 0 Å². The fourth-order valence-electron chi connectivity index (χ4n) is 3.79. The average molecular weight is 361 g/mol. The summed E-state index contributed by atoms with van der Waals surface area (Å²) in [7, 11) is 0. The number of rotatable bonds is 5. The first kappa shape index (κ1) is 17.9. The number of nitrogens with zero attached hydrogens (tertiary/aromatic N) is 5. The summed E-state index contributed by atoms with van der Waals surface area (Å²) in [6.07, 6.45) is 6.93. The highest BCUT2D eigenvalue weighted by Crippen LogP contribution is 2.15. The topological polar surface area (TPSA) is 37.2 Å². The Labute approximate surface area is 161 Å². The standard InChI is InChI=1S/C22H27N5/c1-19-15-21(16-23-22(19)27-12-5-9-24-27)18-26-11-6-10-25(13-14-26)17-20-7-3-2-4-8-20/h2-5,7-9,12,15-16H,6,10-11,13-14,17-18H2,1H3. The minimum absolute atomic E-state index is 0.911. The van der Waals surface area contributed by atoms with Gasteiger partial charge in [0.1, 0.15) is 0 Å². The summed E-state index contributed by atoms with van der Waals surface area (Å²) in [4.78, 5) is 9.76. The number of pyridine rings is 1. The highest BCUT2D eigenvalue weighted by Gasteiger charge is 2.16. The molecule has 140 valence electrons. The Morgan fingerprint density at radius 3 is 2.30 bits per heavy atom. The second-order valence-corrected chi connectivity index (χ2v) is 7.33. The third-order valence-electron chi connectivity index (χ3n) is 5.16. The van der Waals surface area contributed by atoms with Crippen LogP contribution >= 0.6 is 0 Å². The van der Waals surface area contributed by atoms with Crippen LogP contribution in [0.5, 0.6) is 0 Å². The molecule has 0 aliphatic carbocycles. The van der Waals surface area contributed by atoms with Crippen molar-refractivity contribution in [3.63, 3.8) is 0 Å². The van der Waals surface area contributed by atoms with Crippen molar-refractivity contribution in [3.05, 3.63) is 77.7 Å². The summed E-state index contributed by atoms with van der Waals surface area (Å²) in [5, 5.41) is 4.29. The summed E-state index contributed by atoms with van der Waals surface area (Å²) in [6.45, 7) is 8.66. The highest BCUT2D eigenvalue weighted by atomic mass is 15.3. The number of aromatic nitrogens is 3. The van der Waals surface area contributed by atoms with Crippen LogP contribution in [-0.2, 0) is 13.1 Å². The van der Waals surface area contributed by atoms with Crippen LogP contribution in [0, 0.1) is 6.92 Å². The van der Waals surface area contributed by atoms with Crippen LogP contribution in [0.1, 0.15) is 23.1 Å².